The molecule has 0 unspecified atom stereocenters. The zero-order valence-electron chi connectivity index (χ0n) is 8.24. The summed E-state index contributed by atoms with van der Waals surface area (Å²) in [5, 5.41) is 7.22. The van der Waals surface area contributed by atoms with Crippen molar-refractivity contribution in [2.75, 3.05) is 13.6 Å². The summed E-state index contributed by atoms with van der Waals surface area (Å²) in [6.07, 6.45) is 0. The molecular weight excluding hydrogens is 190 g/mol. The van der Waals surface area contributed by atoms with Crippen molar-refractivity contribution in [3.63, 3.8) is 0 Å². The monoisotopic (exact) mass is 207 g/mol. The maximum atomic E-state index is 7.22. The maximum absolute atomic E-state index is 7.22. The smallest absolute Gasteiger partial charge is 0.197 e. The van der Waals surface area contributed by atoms with Gasteiger partial charge in [0.05, 0.1) is 0 Å². The van der Waals surface area contributed by atoms with Gasteiger partial charge >= 0.3 is 0 Å². The molecule has 0 aromatic carbocycles. The second-order valence-electron chi connectivity index (χ2n) is 2.97. The quantitative estimate of drug-likeness (QED) is 0.446. The number of hydrogen-bond acceptors (Lipinski definition) is 2. The highest BCUT2D eigenvalue weighted by Gasteiger charge is 2.11. The Kier molecular flexibility index (Phi) is 7.31. The van der Waals surface area contributed by atoms with E-state index in [4.69, 9.17) is 16.9 Å². The highest BCUT2D eigenvalue weighted by molar-refractivity contribution is 5.95. The molecule has 5 nitrogen and oxygen atoms in total. The number of halogens is 1. The Morgan fingerprint density at radius 2 is 1.92 bits per heavy atom. The van der Waals surface area contributed by atoms with E-state index >= 15 is 0 Å². The summed E-state index contributed by atoms with van der Waals surface area (Å²) in [4.78, 5) is 5.24. The average molecular weight is 208 g/mol. The fourth-order valence-electron chi connectivity index (χ4n) is 0.801. The number of nitrogens with two attached hydrogens (primary N) is 2. The van der Waals surface area contributed by atoms with Crippen LogP contribution in [0, 0.1) is 11.3 Å². The van der Waals surface area contributed by atoms with Crippen molar-refractivity contribution in [1.82, 2.24) is 4.90 Å². The third-order valence-corrected chi connectivity index (χ3v) is 1.34. The van der Waals surface area contributed by atoms with E-state index in [2.05, 4.69) is 4.99 Å². The standard InChI is InChI=1S/C7H17N5.ClH/c1-5(2)4-12(6(8)9)7(10)11-3;/h5H,4H2,1-3H3,(H3,8,9)(H2,10,11);1H. The number of nitrogens with zero attached hydrogens (tertiary/aromatic N) is 2. The maximum Gasteiger partial charge on any atom is 0.197 e. The van der Waals surface area contributed by atoms with Crippen molar-refractivity contribution in [1.29, 1.82) is 5.41 Å². The average Bonchev–Trinajstić information content (AvgIpc) is 1.98. The summed E-state index contributed by atoms with van der Waals surface area (Å²) in [5.74, 6) is 0.622. The minimum Gasteiger partial charge on any atom is -0.370 e. The largest absolute Gasteiger partial charge is 0.370 e. The van der Waals surface area contributed by atoms with Crippen molar-refractivity contribution in [2.24, 2.45) is 22.4 Å². The summed E-state index contributed by atoms with van der Waals surface area (Å²) in [7, 11) is 1.58. The summed E-state index contributed by atoms with van der Waals surface area (Å²) in [6.45, 7) is 4.68. The van der Waals surface area contributed by atoms with Gasteiger partial charge in [0.15, 0.2) is 11.9 Å². The molecule has 0 aliphatic rings. The van der Waals surface area contributed by atoms with Crippen molar-refractivity contribution in [3.05, 3.63) is 0 Å². The Bertz CT molecular complexity index is 189. The van der Waals surface area contributed by atoms with Crippen LogP contribution in [-0.2, 0) is 0 Å². The van der Waals surface area contributed by atoms with Gasteiger partial charge in [-0.1, -0.05) is 13.8 Å². The lowest BCUT2D eigenvalue weighted by Gasteiger charge is -2.22. The van der Waals surface area contributed by atoms with Gasteiger partial charge in [-0.05, 0) is 5.92 Å². The molecule has 6 heteroatoms. The van der Waals surface area contributed by atoms with E-state index in [1.165, 1.54) is 4.90 Å². The van der Waals surface area contributed by atoms with E-state index in [1.807, 2.05) is 13.8 Å². The fourth-order valence-corrected chi connectivity index (χ4v) is 0.801. The molecule has 0 rings (SSSR count). The van der Waals surface area contributed by atoms with Gasteiger partial charge in [-0.25, -0.2) is 0 Å². The predicted octanol–water partition coefficient (Wildman–Crippen LogP) is 0.204. The molecule has 0 bridgehead atoms. The molecule has 5 N–H and O–H groups in total. The highest BCUT2D eigenvalue weighted by atomic mass is 35.5. The van der Waals surface area contributed by atoms with Crippen LogP contribution in [0.4, 0.5) is 0 Å². The zero-order chi connectivity index (χ0) is 9.72. The Hall–Kier alpha value is -0.970. The molecule has 13 heavy (non-hydrogen) atoms. The molecule has 0 saturated heterocycles. The van der Waals surface area contributed by atoms with E-state index in [0.717, 1.165) is 0 Å². The van der Waals surface area contributed by atoms with Crippen LogP contribution in [0.15, 0.2) is 4.99 Å². The molecule has 0 radical (unpaired) electrons. The van der Waals surface area contributed by atoms with E-state index < -0.39 is 0 Å². The second-order valence-corrected chi connectivity index (χ2v) is 2.97. The summed E-state index contributed by atoms with van der Waals surface area (Å²) < 4.78 is 0. The van der Waals surface area contributed by atoms with Crippen LogP contribution in [-0.4, -0.2) is 30.4 Å². The van der Waals surface area contributed by atoms with Crippen molar-refractivity contribution in [2.45, 2.75) is 13.8 Å². The first-order valence-corrected chi connectivity index (χ1v) is 3.82. The third-order valence-electron chi connectivity index (χ3n) is 1.34. The summed E-state index contributed by atoms with van der Waals surface area (Å²) in [6, 6.07) is 0. The number of nitrogens with one attached hydrogen (secondary N) is 1. The first-order chi connectivity index (χ1) is 5.49. The van der Waals surface area contributed by atoms with Crippen molar-refractivity contribution in [3.8, 4) is 0 Å². The van der Waals surface area contributed by atoms with Crippen molar-refractivity contribution < 1.29 is 0 Å². The molecule has 0 aromatic rings. The van der Waals surface area contributed by atoms with Gasteiger partial charge in [0.25, 0.3) is 0 Å². The third kappa shape index (κ3) is 5.30. The molecule has 0 aliphatic heterocycles. The van der Waals surface area contributed by atoms with Gasteiger partial charge in [-0.15, -0.1) is 12.4 Å². The minimum atomic E-state index is -0.0631. The minimum absolute atomic E-state index is 0. The topological polar surface area (TPSA) is 91.5 Å². The van der Waals surface area contributed by atoms with Gasteiger partial charge in [0.1, 0.15) is 0 Å². The Morgan fingerprint density at radius 1 is 1.46 bits per heavy atom. The van der Waals surface area contributed by atoms with Gasteiger partial charge in [0.2, 0.25) is 0 Å². The number of guanidine groups is 2. The number of hydrogen-bond donors (Lipinski definition) is 3. The van der Waals surface area contributed by atoms with E-state index in [-0.39, 0.29) is 24.3 Å². The van der Waals surface area contributed by atoms with Crippen LogP contribution in [0.5, 0.6) is 0 Å². The van der Waals surface area contributed by atoms with Crippen LogP contribution >= 0.6 is 12.4 Å². The van der Waals surface area contributed by atoms with Crippen LogP contribution in [0.25, 0.3) is 0 Å². The number of rotatable bonds is 2. The zero-order valence-corrected chi connectivity index (χ0v) is 9.06. The Labute approximate surface area is 85.1 Å². The van der Waals surface area contributed by atoms with E-state index in [9.17, 15) is 0 Å². The molecule has 78 valence electrons. The summed E-state index contributed by atoms with van der Waals surface area (Å²) >= 11 is 0. The van der Waals surface area contributed by atoms with Crippen LogP contribution in [0.2, 0.25) is 0 Å². The lowest BCUT2D eigenvalue weighted by molar-refractivity contribution is 0.479. The van der Waals surface area contributed by atoms with Gasteiger partial charge in [-0.3, -0.25) is 15.3 Å². The molecule has 0 fully saturated rings. The van der Waals surface area contributed by atoms with Gasteiger partial charge in [0, 0.05) is 13.6 Å². The summed E-state index contributed by atoms with van der Waals surface area (Å²) in [5.41, 5.74) is 10.8. The van der Waals surface area contributed by atoms with Gasteiger partial charge in [-0.2, -0.15) is 0 Å². The molecule has 0 spiro atoms. The SMILES string of the molecule is CN=C(N)N(CC(C)C)C(=N)N.Cl. The van der Waals surface area contributed by atoms with Crippen molar-refractivity contribution >= 4 is 24.3 Å². The molecule has 0 atom stereocenters. The molecule has 0 aliphatic carbocycles. The Morgan fingerprint density at radius 3 is 2.15 bits per heavy atom. The van der Waals surface area contributed by atoms with Crippen LogP contribution in [0.1, 0.15) is 13.8 Å². The molecule has 0 amide bonds. The first kappa shape index (κ1) is 14.5. The molecule has 0 saturated carbocycles. The highest BCUT2D eigenvalue weighted by Crippen LogP contribution is 1.96. The fraction of sp³-hybridized carbons (Fsp3) is 0.714. The predicted molar refractivity (Wildman–Crippen MR) is 58.3 cm³/mol. The first-order valence-electron chi connectivity index (χ1n) is 3.82. The van der Waals surface area contributed by atoms with E-state index in [1.54, 1.807) is 7.05 Å². The second kappa shape index (κ2) is 6.54. The lowest BCUT2D eigenvalue weighted by Crippen LogP contribution is -2.47. The van der Waals surface area contributed by atoms with Crippen LogP contribution < -0.4 is 11.5 Å². The molecule has 0 heterocycles. The van der Waals surface area contributed by atoms with Gasteiger partial charge < -0.3 is 11.5 Å². The van der Waals surface area contributed by atoms with Crippen LogP contribution in [0.3, 0.4) is 0 Å². The number of aliphatic imine (C=N–C) groups is 1. The molecule has 0 aromatic heterocycles. The lowest BCUT2D eigenvalue weighted by atomic mass is 10.2. The normalized spacial score (nSPS) is 10.9. The Balaban J connectivity index is 0. The molecular formula is C7H18ClN5. The van der Waals surface area contributed by atoms with E-state index in [0.29, 0.717) is 12.5 Å².